The van der Waals surface area contributed by atoms with Crippen molar-refractivity contribution in [2.45, 2.75) is 51.1 Å². The molecule has 0 bridgehead atoms. The molecule has 1 aliphatic heterocycles. The second-order valence-corrected chi connectivity index (χ2v) is 8.76. The molecule has 1 saturated heterocycles. The van der Waals surface area contributed by atoms with Crippen LogP contribution in [0.5, 0.6) is 0 Å². The Morgan fingerprint density at radius 1 is 1.27 bits per heavy atom. The molecule has 3 rings (SSSR count). The Hall–Kier alpha value is -3.08. The molecule has 2 amide bonds. The number of amides is 2. The maximum Gasteiger partial charge on any atom is 0.416 e. The zero-order valence-electron chi connectivity index (χ0n) is 18.7. The standard InChI is InChI=1S/C22H26F3N3O5/c1-21(2,3)33-20(30)28-11-15(9-16(28)12-31-4)27-18(29)19-26-10-17(32-19)13-6-5-7-14(8-13)22(23,24)25/h5-8,10,15-16H,9,11-12H2,1-4H3,(H,27,29)/t15-,16-/m1/s1. The first-order chi connectivity index (χ1) is 15.4. The van der Waals surface area contributed by atoms with E-state index in [1.165, 1.54) is 30.3 Å². The van der Waals surface area contributed by atoms with Gasteiger partial charge in [0, 0.05) is 25.3 Å². The number of nitrogens with zero attached hydrogens (tertiary/aromatic N) is 2. The minimum atomic E-state index is -4.50. The van der Waals surface area contributed by atoms with Crippen LogP contribution >= 0.6 is 0 Å². The van der Waals surface area contributed by atoms with Gasteiger partial charge in [-0.3, -0.25) is 4.79 Å². The number of methoxy groups -OCH3 is 1. The number of halogens is 3. The Kier molecular flexibility index (Phi) is 7.01. The van der Waals surface area contributed by atoms with Gasteiger partial charge in [0.2, 0.25) is 0 Å². The van der Waals surface area contributed by atoms with Gasteiger partial charge in [-0.2, -0.15) is 13.2 Å². The van der Waals surface area contributed by atoms with Gasteiger partial charge in [-0.05, 0) is 39.3 Å². The predicted molar refractivity (Wildman–Crippen MR) is 111 cm³/mol. The van der Waals surface area contributed by atoms with Gasteiger partial charge in [0.1, 0.15) is 5.60 Å². The molecule has 1 N–H and O–H groups in total. The van der Waals surface area contributed by atoms with Gasteiger partial charge in [0.25, 0.3) is 5.89 Å². The second-order valence-electron chi connectivity index (χ2n) is 8.76. The number of nitrogens with one attached hydrogen (secondary N) is 1. The SMILES string of the molecule is COC[C@H]1C[C@@H](NC(=O)c2ncc(-c3cccc(C(F)(F)F)c3)o2)CN1C(=O)OC(C)(C)C. The third-order valence-electron chi connectivity index (χ3n) is 4.91. The fraction of sp³-hybridized carbons (Fsp3) is 0.500. The number of carbonyl (C=O) groups is 2. The van der Waals surface area contributed by atoms with Crippen LogP contribution in [0, 0.1) is 0 Å². The maximum atomic E-state index is 13.0. The summed E-state index contributed by atoms with van der Waals surface area (Å²) in [6, 6.07) is 3.85. The molecule has 11 heteroatoms. The summed E-state index contributed by atoms with van der Waals surface area (Å²) in [4.78, 5) is 30.6. The van der Waals surface area contributed by atoms with Crippen LogP contribution in [-0.4, -0.2) is 59.8 Å². The second kappa shape index (κ2) is 9.42. The number of ether oxygens (including phenoxy) is 2. The van der Waals surface area contributed by atoms with Crippen LogP contribution in [0.15, 0.2) is 34.9 Å². The Morgan fingerprint density at radius 3 is 2.64 bits per heavy atom. The maximum absolute atomic E-state index is 13.0. The summed E-state index contributed by atoms with van der Waals surface area (Å²) in [5, 5.41) is 2.75. The predicted octanol–water partition coefficient (Wildman–Crippen LogP) is 4.11. The lowest BCUT2D eigenvalue weighted by molar-refractivity contribution is -0.137. The molecule has 0 saturated carbocycles. The molecule has 33 heavy (non-hydrogen) atoms. The molecule has 1 fully saturated rings. The van der Waals surface area contributed by atoms with Crippen LogP contribution in [0.2, 0.25) is 0 Å². The highest BCUT2D eigenvalue weighted by Crippen LogP contribution is 2.32. The molecule has 2 aromatic rings. The first-order valence-corrected chi connectivity index (χ1v) is 10.3. The van der Waals surface area contributed by atoms with Gasteiger partial charge in [0.15, 0.2) is 5.76 Å². The Bertz CT molecular complexity index is 1000. The number of benzene rings is 1. The topological polar surface area (TPSA) is 93.9 Å². The summed E-state index contributed by atoms with van der Waals surface area (Å²) in [6.45, 7) is 5.75. The van der Waals surface area contributed by atoms with Crippen molar-refractivity contribution in [3.63, 3.8) is 0 Å². The monoisotopic (exact) mass is 469 g/mol. The van der Waals surface area contributed by atoms with Crippen LogP contribution in [0.3, 0.4) is 0 Å². The van der Waals surface area contributed by atoms with Crippen molar-refractivity contribution in [3.05, 3.63) is 41.9 Å². The van der Waals surface area contributed by atoms with Crippen molar-refractivity contribution in [1.82, 2.24) is 15.2 Å². The van der Waals surface area contributed by atoms with Crippen molar-refractivity contribution in [2.24, 2.45) is 0 Å². The van der Waals surface area contributed by atoms with Crippen LogP contribution in [0.4, 0.5) is 18.0 Å². The average molecular weight is 469 g/mol. The lowest BCUT2D eigenvalue weighted by atomic mass is 10.1. The molecule has 1 aromatic heterocycles. The van der Waals surface area contributed by atoms with Crippen LogP contribution in [-0.2, 0) is 15.7 Å². The Labute approximate surface area is 189 Å². The van der Waals surface area contributed by atoms with Crippen molar-refractivity contribution < 1.29 is 36.7 Å². The molecule has 1 aliphatic rings. The third-order valence-corrected chi connectivity index (χ3v) is 4.91. The van der Waals surface area contributed by atoms with E-state index >= 15 is 0 Å². The van der Waals surface area contributed by atoms with Gasteiger partial charge in [-0.1, -0.05) is 12.1 Å². The third kappa shape index (κ3) is 6.25. The van der Waals surface area contributed by atoms with Crippen LogP contribution < -0.4 is 5.32 Å². The van der Waals surface area contributed by atoms with E-state index < -0.39 is 35.4 Å². The van der Waals surface area contributed by atoms with Gasteiger partial charge >= 0.3 is 18.2 Å². The van der Waals surface area contributed by atoms with E-state index in [0.29, 0.717) is 6.42 Å². The summed E-state index contributed by atoms with van der Waals surface area (Å²) in [5.74, 6) is -0.896. The highest BCUT2D eigenvalue weighted by atomic mass is 19.4. The fourth-order valence-corrected chi connectivity index (χ4v) is 3.52. The van der Waals surface area contributed by atoms with Crippen molar-refractivity contribution in [3.8, 4) is 11.3 Å². The molecule has 0 unspecified atom stereocenters. The van der Waals surface area contributed by atoms with E-state index in [9.17, 15) is 22.8 Å². The van der Waals surface area contributed by atoms with Crippen molar-refractivity contribution in [2.75, 3.05) is 20.3 Å². The van der Waals surface area contributed by atoms with E-state index in [2.05, 4.69) is 10.3 Å². The number of aromatic nitrogens is 1. The zero-order chi connectivity index (χ0) is 24.4. The fourth-order valence-electron chi connectivity index (χ4n) is 3.52. The van der Waals surface area contributed by atoms with Crippen LogP contribution in [0.25, 0.3) is 11.3 Å². The van der Waals surface area contributed by atoms with Crippen LogP contribution in [0.1, 0.15) is 43.4 Å². The summed E-state index contributed by atoms with van der Waals surface area (Å²) in [5.41, 5.74) is -1.36. The summed E-state index contributed by atoms with van der Waals surface area (Å²) in [7, 11) is 1.52. The molecular formula is C22H26F3N3O5. The van der Waals surface area contributed by atoms with E-state index in [-0.39, 0.29) is 36.4 Å². The van der Waals surface area contributed by atoms with Gasteiger partial charge in [-0.25, -0.2) is 9.78 Å². The van der Waals surface area contributed by atoms with E-state index in [1.54, 1.807) is 20.8 Å². The summed E-state index contributed by atoms with van der Waals surface area (Å²) < 4.78 is 54.9. The quantitative estimate of drug-likeness (QED) is 0.708. The average Bonchev–Trinajstić information content (AvgIpc) is 3.34. The lowest BCUT2D eigenvalue weighted by Gasteiger charge is -2.28. The number of rotatable bonds is 5. The first-order valence-electron chi connectivity index (χ1n) is 10.3. The smallest absolute Gasteiger partial charge is 0.416 e. The van der Waals surface area contributed by atoms with Gasteiger partial charge in [-0.15, -0.1) is 0 Å². The Balaban J connectivity index is 1.68. The molecule has 2 heterocycles. The molecule has 0 aliphatic carbocycles. The largest absolute Gasteiger partial charge is 0.444 e. The molecule has 1 aromatic carbocycles. The number of hydrogen-bond acceptors (Lipinski definition) is 6. The molecule has 0 radical (unpaired) electrons. The first kappa shape index (κ1) is 24.6. The normalized spacial score (nSPS) is 18.9. The van der Waals surface area contributed by atoms with E-state index in [0.717, 1.165) is 12.1 Å². The lowest BCUT2D eigenvalue weighted by Crippen LogP contribution is -2.43. The number of alkyl halides is 3. The minimum Gasteiger partial charge on any atom is -0.444 e. The molecular weight excluding hydrogens is 443 g/mol. The van der Waals surface area contributed by atoms with Crippen molar-refractivity contribution in [1.29, 1.82) is 0 Å². The van der Waals surface area contributed by atoms with E-state index in [4.69, 9.17) is 13.9 Å². The number of oxazole rings is 1. The zero-order valence-corrected chi connectivity index (χ0v) is 18.7. The van der Waals surface area contributed by atoms with E-state index in [1.807, 2.05) is 0 Å². The molecule has 0 spiro atoms. The highest BCUT2D eigenvalue weighted by molar-refractivity contribution is 5.90. The molecule has 2 atom stereocenters. The molecule has 180 valence electrons. The highest BCUT2D eigenvalue weighted by Gasteiger charge is 2.38. The summed E-state index contributed by atoms with van der Waals surface area (Å²) in [6.07, 6.45) is -3.39. The number of hydrogen-bond donors (Lipinski definition) is 1. The van der Waals surface area contributed by atoms with Gasteiger partial charge in [0.05, 0.1) is 24.4 Å². The van der Waals surface area contributed by atoms with Crippen molar-refractivity contribution >= 4 is 12.0 Å². The van der Waals surface area contributed by atoms with Gasteiger partial charge < -0.3 is 24.1 Å². The number of likely N-dealkylation sites (tertiary alicyclic amines) is 1. The molecule has 8 nitrogen and oxygen atoms in total. The minimum absolute atomic E-state index is 0.0327. The Morgan fingerprint density at radius 2 is 2.00 bits per heavy atom. The number of carbonyl (C=O) groups excluding carboxylic acids is 2. The summed E-state index contributed by atoms with van der Waals surface area (Å²) >= 11 is 0.